The van der Waals surface area contributed by atoms with Gasteiger partial charge in [-0.1, -0.05) is 0 Å². The second-order valence-corrected chi connectivity index (χ2v) is 8.96. The Bertz CT molecular complexity index is 418. The van der Waals surface area contributed by atoms with Crippen molar-refractivity contribution < 1.29 is 8.42 Å². The van der Waals surface area contributed by atoms with E-state index in [9.17, 15) is 8.42 Å². The largest absolute Gasteiger partial charge is 0.313 e. The van der Waals surface area contributed by atoms with Gasteiger partial charge < -0.3 is 5.32 Å². The molecule has 0 spiro atoms. The lowest BCUT2D eigenvalue weighted by Crippen LogP contribution is -2.60. The molecule has 0 aromatic heterocycles. The van der Waals surface area contributed by atoms with Gasteiger partial charge in [0.25, 0.3) is 0 Å². The van der Waals surface area contributed by atoms with Crippen LogP contribution >= 0.6 is 0 Å². The quantitative estimate of drug-likeness (QED) is 0.800. The number of sulfonamides is 1. The van der Waals surface area contributed by atoms with Gasteiger partial charge in [0.15, 0.2) is 0 Å². The van der Waals surface area contributed by atoms with Crippen molar-refractivity contribution in [2.45, 2.75) is 50.4 Å². The molecule has 6 heteroatoms. The number of nitrogens with one attached hydrogen (secondary N) is 1. The molecular formula is C13H27N3O2S. The molecule has 2 rings (SSSR count). The van der Waals surface area contributed by atoms with Crippen molar-refractivity contribution in [2.24, 2.45) is 0 Å². The van der Waals surface area contributed by atoms with E-state index in [1.54, 1.807) is 4.31 Å². The molecule has 1 aliphatic carbocycles. The second-order valence-electron chi connectivity index (χ2n) is 6.61. The maximum atomic E-state index is 12.6. The van der Waals surface area contributed by atoms with Crippen molar-refractivity contribution in [2.75, 3.05) is 33.2 Å². The van der Waals surface area contributed by atoms with Gasteiger partial charge in [-0.05, 0) is 40.7 Å². The van der Waals surface area contributed by atoms with Crippen LogP contribution in [0.25, 0.3) is 0 Å². The van der Waals surface area contributed by atoms with Crippen LogP contribution in [-0.2, 0) is 10.0 Å². The maximum Gasteiger partial charge on any atom is 0.218 e. The molecule has 0 bridgehead atoms. The Hall–Kier alpha value is -0.170. The Morgan fingerprint density at radius 3 is 2.47 bits per heavy atom. The number of rotatable bonds is 5. The van der Waals surface area contributed by atoms with E-state index in [4.69, 9.17) is 0 Å². The first-order chi connectivity index (χ1) is 8.73. The van der Waals surface area contributed by atoms with Crippen LogP contribution in [0, 0.1) is 0 Å². The van der Waals surface area contributed by atoms with Crippen LogP contribution in [0.5, 0.6) is 0 Å². The number of piperazine rings is 1. The molecule has 1 heterocycles. The van der Waals surface area contributed by atoms with E-state index in [1.165, 1.54) is 12.8 Å². The average molecular weight is 289 g/mol. The molecule has 5 nitrogen and oxygen atoms in total. The SMILES string of the molecule is CC(CNC1CC1)S(=O)(=O)N1CCN(C)C(C)(C)C1. The Balaban J connectivity index is 1.98. The maximum absolute atomic E-state index is 12.6. The summed E-state index contributed by atoms with van der Waals surface area (Å²) in [6, 6.07) is 0.557. The smallest absolute Gasteiger partial charge is 0.218 e. The van der Waals surface area contributed by atoms with Gasteiger partial charge in [0.2, 0.25) is 10.0 Å². The normalized spacial score (nSPS) is 27.4. The standard InChI is InChI=1S/C13H27N3O2S/c1-11(9-14-12-5-6-12)19(17,18)16-8-7-15(4)13(2,3)10-16/h11-12,14H,5-10H2,1-4H3. The number of nitrogens with zero attached hydrogens (tertiary/aromatic N) is 2. The minimum Gasteiger partial charge on any atom is -0.313 e. The van der Waals surface area contributed by atoms with Crippen molar-refractivity contribution in [3.8, 4) is 0 Å². The van der Waals surface area contributed by atoms with Crippen molar-refractivity contribution >= 4 is 10.0 Å². The van der Waals surface area contributed by atoms with E-state index >= 15 is 0 Å². The lowest BCUT2D eigenvalue weighted by atomic mass is 10.0. The summed E-state index contributed by atoms with van der Waals surface area (Å²) in [7, 11) is -1.12. The minimum absolute atomic E-state index is 0.0883. The third-order valence-electron chi connectivity index (χ3n) is 4.42. The summed E-state index contributed by atoms with van der Waals surface area (Å²) in [5, 5.41) is 2.97. The lowest BCUT2D eigenvalue weighted by molar-refractivity contribution is 0.0797. The van der Waals surface area contributed by atoms with Crippen molar-refractivity contribution in [1.29, 1.82) is 0 Å². The first-order valence-corrected chi connectivity index (χ1v) is 8.67. The van der Waals surface area contributed by atoms with E-state index in [-0.39, 0.29) is 10.8 Å². The van der Waals surface area contributed by atoms with Crippen LogP contribution < -0.4 is 5.32 Å². The Kier molecular flexibility index (Phi) is 4.26. The van der Waals surface area contributed by atoms with Crippen LogP contribution in [0.2, 0.25) is 0 Å². The van der Waals surface area contributed by atoms with E-state index in [2.05, 4.69) is 31.1 Å². The van der Waals surface area contributed by atoms with Gasteiger partial charge in [0.05, 0.1) is 5.25 Å². The fraction of sp³-hybridized carbons (Fsp3) is 1.00. The highest BCUT2D eigenvalue weighted by molar-refractivity contribution is 7.89. The molecule has 0 aromatic carbocycles. The van der Waals surface area contributed by atoms with E-state index < -0.39 is 10.0 Å². The molecule has 2 aliphatic rings. The van der Waals surface area contributed by atoms with Crippen LogP contribution in [-0.4, -0.2) is 67.7 Å². The van der Waals surface area contributed by atoms with E-state index in [0.717, 1.165) is 6.54 Å². The molecule has 0 radical (unpaired) electrons. The van der Waals surface area contributed by atoms with Crippen molar-refractivity contribution in [3.05, 3.63) is 0 Å². The Labute approximate surface area is 117 Å². The third kappa shape index (κ3) is 3.48. The first kappa shape index (κ1) is 15.2. The van der Waals surface area contributed by atoms with Gasteiger partial charge in [0, 0.05) is 37.8 Å². The first-order valence-electron chi connectivity index (χ1n) is 7.17. The van der Waals surface area contributed by atoms with Crippen LogP contribution in [0.3, 0.4) is 0 Å². The minimum atomic E-state index is -3.18. The third-order valence-corrected chi connectivity index (χ3v) is 6.64. The van der Waals surface area contributed by atoms with Gasteiger partial charge in [-0.15, -0.1) is 0 Å². The number of likely N-dealkylation sites (N-methyl/N-ethyl adjacent to an activating group) is 1. The van der Waals surface area contributed by atoms with Gasteiger partial charge >= 0.3 is 0 Å². The van der Waals surface area contributed by atoms with Gasteiger partial charge in [-0.25, -0.2) is 8.42 Å². The fourth-order valence-corrected chi connectivity index (χ4v) is 4.04. The predicted octanol–water partition coefficient (Wildman–Crippen LogP) is 0.483. The lowest BCUT2D eigenvalue weighted by Gasteiger charge is -2.45. The molecule has 1 atom stereocenters. The van der Waals surface area contributed by atoms with Crippen LogP contribution in [0.1, 0.15) is 33.6 Å². The summed E-state index contributed by atoms with van der Waals surface area (Å²) in [6.45, 7) is 8.57. The highest BCUT2D eigenvalue weighted by Crippen LogP contribution is 2.23. The molecule has 1 N–H and O–H groups in total. The summed E-state index contributed by atoms with van der Waals surface area (Å²) in [6.07, 6.45) is 2.38. The zero-order valence-corrected chi connectivity index (χ0v) is 13.3. The fourth-order valence-electron chi connectivity index (χ4n) is 2.39. The van der Waals surface area contributed by atoms with Gasteiger partial charge in [-0.3, -0.25) is 4.90 Å². The second kappa shape index (κ2) is 5.31. The average Bonchev–Trinajstić information content (AvgIpc) is 3.13. The van der Waals surface area contributed by atoms with Gasteiger partial charge in [-0.2, -0.15) is 4.31 Å². The Morgan fingerprint density at radius 2 is 1.95 bits per heavy atom. The Morgan fingerprint density at radius 1 is 1.32 bits per heavy atom. The highest BCUT2D eigenvalue weighted by Gasteiger charge is 2.38. The predicted molar refractivity (Wildman–Crippen MR) is 77.7 cm³/mol. The topological polar surface area (TPSA) is 52.7 Å². The van der Waals surface area contributed by atoms with Gasteiger partial charge in [0.1, 0.15) is 0 Å². The van der Waals surface area contributed by atoms with Crippen LogP contribution in [0.15, 0.2) is 0 Å². The zero-order valence-electron chi connectivity index (χ0n) is 12.5. The molecule has 1 aliphatic heterocycles. The molecule has 0 amide bonds. The molecule has 112 valence electrons. The van der Waals surface area contributed by atoms with Crippen LogP contribution in [0.4, 0.5) is 0 Å². The summed E-state index contributed by atoms with van der Waals surface area (Å²) < 4.78 is 26.8. The summed E-state index contributed by atoms with van der Waals surface area (Å²) >= 11 is 0. The summed E-state index contributed by atoms with van der Waals surface area (Å²) in [5.74, 6) is 0. The highest BCUT2D eigenvalue weighted by atomic mass is 32.2. The molecule has 19 heavy (non-hydrogen) atoms. The van der Waals surface area contributed by atoms with E-state index in [1.807, 2.05) is 6.92 Å². The molecule has 1 saturated carbocycles. The number of hydrogen-bond acceptors (Lipinski definition) is 4. The molecule has 0 aromatic rings. The van der Waals surface area contributed by atoms with E-state index in [0.29, 0.717) is 25.7 Å². The summed E-state index contributed by atoms with van der Waals surface area (Å²) in [5.41, 5.74) is -0.0883. The monoisotopic (exact) mass is 289 g/mol. The molecule has 1 unspecified atom stereocenters. The van der Waals surface area contributed by atoms with Crippen molar-refractivity contribution in [3.63, 3.8) is 0 Å². The zero-order chi connectivity index (χ0) is 14.3. The van der Waals surface area contributed by atoms with Crippen molar-refractivity contribution in [1.82, 2.24) is 14.5 Å². The molecular weight excluding hydrogens is 262 g/mol. The molecule has 2 fully saturated rings. The number of hydrogen-bond donors (Lipinski definition) is 1. The molecule has 1 saturated heterocycles. The summed E-state index contributed by atoms with van der Waals surface area (Å²) in [4.78, 5) is 2.23.